The Bertz CT molecular complexity index is 588. The van der Waals surface area contributed by atoms with Gasteiger partial charge in [0.1, 0.15) is 0 Å². The van der Waals surface area contributed by atoms with E-state index in [1.807, 2.05) is 0 Å². The molecule has 0 aliphatic rings. The van der Waals surface area contributed by atoms with Crippen LogP contribution in [0.4, 0.5) is 9.59 Å². The summed E-state index contributed by atoms with van der Waals surface area (Å²) < 4.78 is 43.2. The second kappa shape index (κ2) is 10.0. The standard InChI is InChI=1S/C14H24O8P2/c1-7-19-24(18,20-8-2)14(16)22-12(4)10-9-11(3)21-13(15)23(5,6)17/h11-12H,7-8H2,1-6H3. The zero-order valence-electron chi connectivity index (χ0n) is 14.7. The van der Waals surface area contributed by atoms with Crippen LogP contribution >= 0.6 is 14.7 Å². The minimum atomic E-state index is -4.01. The first-order valence-corrected chi connectivity index (χ1v) is 11.5. The average molecular weight is 382 g/mol. The Kier molecular flexibility index (Phi) is 9.54. The van der Waals surface area contributed by atoms with Crippen LogP contribution in [0.25, 0.3) is 0 Å². The lowest BCUT2D eigenvalue weighted by atomic mass is 10.3. The minimum absolute atomic E-state index is 0.0213. The fourth-order valence-corrected chi connectivity index (χ4v) is 2.93. The van der Waals surface area contributed by atoms with Crippen molar-refractivity contribution in [2.45, 2.75) is 39.9 Å². The molecule has 2 atom stereocenters. The Morgan fingerprint density at radius 2 is 1.25 bits per heavy atom. The summed E-state index contributed by atoms with van der Waals surface area (Å²) in [7, 11) is -7.01. The van der Waals surface area contributed by atoms with E-state index in [9.17, 15) is 18.7 Å². The van der Waals surface area contributed by atoms with E-state index in [4.69, 9.17) is 18.5 Å². The molecule has 0 saturated carbocycles. The molecule has 0 fully saturated rings. The van der Waals surface area contributed by atoms with Crippen molar-refractivity contribution in [1.29, 1.82) is 0 Å². The monoisotopic (exact) mass is 382 g/mol. The molecule has 0 radical (unpaired) electrons. The third kappa shape index (κ3) is 8.12. The van der Waals surface area contributed by atoms with Crippen LogP contribution < -0.4 is 0 Å². The number of carbonyl (C=O) groups excluding carboxylic acids is 2. The minimum Gasteiger partial charge on any atom is -0.444 e. The van der Waals surface area contributed by atoms with Crippen molar-refractivity contribution in [3.63, 3.8) is 0 Å². The Hall–Kier alpha value is -1.12. The number of rotatable bonds is 8. The predicted molar refractivity (Wildman–Crippen MR) is 90.0 cm³/mol. The maximum atomic E-state index is 12.2. The molecule has 2 unspecified atom stereocenters. The number of ether oxygens (including phenoxy) is 2. The first-order valence-electron chi connectivity index (χ1n) is 7.33. The molecule has 0 heterocycles. The van der Waals surface area contributed by atoms with Crippen molar-refractivity contribution in [2.75, 3.05) is 26.5 Å². The van der Waals surface area contributed by atoms with Crippen molar-refractivity contribution >= 4 is 26.2 Å². The van der Waals surface area contributed by atoms with Gasteiger partial charge in [0.15, 0.2) is 19.3 Å². The first kappa shape index (κ1) is 22.9. The molecule has 0 aromatic heterocycles. The number of hydrogen-bond acceptors (Lipinski definition) is 8. The fourth-order valence-electron chi connectivity index (χ4n) is 1.27. The van der Waals surface area contributed by atoms with Gasteiger partial charge in [-0.25, -0.2) is 14.2 Å². The van der Waals surface area contributed by atoms with Gasteiger partial charge >= 0.3 is 19.0 Å². The molecule has 0 spiro atoms. The summed E-state index contributed by atoms with van der Waals surface area (Å²) in [6.07, 6.45) is -1.76. The third-order valence-electron chi connectivity index (χ3n) is 2.31. The van der Waals surface area contributed by atoms with Crippen LogP contribution in [0.3, 0.4) is 0 Å². The van der Waals surface area contributed by atoms with Gasteiger partial charge in [-0.1, -0.05) is 11.8 Å². The molecule has 0 saturated heterocycles. The first-order chi connectivity index (χ1) is 11.0. The maximum Gasteiger partial charge on any atom is 0.438 e. The summed E-state index contributed by atoms with van der Waals surface area (Å²) in [5.41, 5.74) is -1.96. The van der Waals surface area contributed by atoms with E-state index in [0.29, 0.717) is 0 Å². The van der Waals surface area contributed by atoms with Crippen molar-refractivity contribution < 1.29 is 37.2 Å². The van der Waals surface area contributed by atoms with Gasteiger partial charge in [-0.15, -0.1) is 0 Å². The highest BCUT2D eigenvalue weighted by Crippen LogP contribution is 2.50. The topological polar surface area (TPSA) is 105 Å². The lowest BCUT2D eigenvalue weighted by molar-refractivity contribution is 0.135. The molecule has 0 aliphatic carbocycles. The molecule has 0 aromatic rings. The van der Waals surface area contributed by atoms with Gasteiger partial charge in [-0.2, -0.15) is 0 Å². The van der Waals surface area contributed by atoms with Crippen molar-refractivity contribution in [2.24, 2.45) is 0 Å². The summed E-state index contributed by atoms with van der Waals surface area (Å²) in [6.45, 7) is 8.70. The largest absolute Gasteiger partial charge is 0.444 e. The van der Waals surface area contributed by atoms with Crippen LogP contribution in [0.1, 0.15) is 27.7 Å². The van der Waals surface area contributed by atoms with Gasteiger partial charge in [0.05, 0.1) is 13.2 Å². The summed E-state index contributed by atoms with van der Waals surface area (Å²) in [5, 5.41) is 0. The Morgan fingerprint density at radius 3 is 1.58 bits per heavy atom. The lowest BCUT2D eigenvalue weighted by Gasteiger charge is -2.16. The smallest absolute Gasteiger partial charge is 0.438 e. The molecule has 10 heteroatoms. The molecule has 0 aromatic carbocycles. The van der Waals surface area contributed by atoms with Crippen LogP contribution in [0.15, 0.2) is 0 Å². The summed E-state index contributed by atoms with van der Waals surface area (Å²) in [6, 6.07) is 0. The molecule has 24 heavy (non-hydrogen) atoms. The van der Waals surface area contributed by atoms with Gasteiger partial charge in [0.25, 0.3) is 0 Å². The highest BCUT2D eigenvalue weighted by molar-refractivity contribution is 7.78. The summed E-state index contributed by atoms with van der Waals surface area (Å²) >= 11 is 0. The molecule has 0 rings (SSSR count). The summed E-state index contributed by atoms with van der Waals surface area (Å²) in [4.78, 5) is 23.3. The average Bonchev–Trinajstić information content (AvgIpc) is 2.44. The van der Waals surface area contributed by atoms with Crippen LogP contribution in [-0.2, 0) is 27.7 Å². The van der Waals surface area contributed by atoms with E-state index in [1.165, 1.54) is 27.2 Å². The van der Waals surface area contributed by atoms with E-state index in [0.717, 1.165) is 0 Å². The second-order valence-electron chi connectivity index (χ2n) is 5.02. The van der Waals surface area contributed by atoms with Crippen molar-refractivity contribution in [1.82, 2.24) is 0 Å². The van der Waals surface area contributed by atoms with E-state index < -0.39 is 38.4 Å². The van der Waals surface area contributed by atoms with Gasteiger partial charge in [0, 0.05) is 0 Å². The molecule has 0 amide bonds. The van der Waals surface area contributed by atoms with Crippen LogP contribution in [0.5, 0.6) is 0 Å². The third-order valence-corrected chi connectivity index (χ3v) is 5.04. The molecule has 0 aliphatic heterocycles. The zero-order chi connectivity index (χ0) is 19.0. The summed E-state index contributed by atoms with van der Waals surface area (Å²) in [5.74, 6) is 5.08. The van der Waals surface area contributed by atoms with Gasteiger partial charge in [0.2, 0.25) is 0 Å². The molecule has 138 valence electrons. The highest BCUT2D eigenvalue weighted by Gasteiger charge is 2.37. The Labute approximate surface area is 142 Å². The molecule has 0 bridgehead atoms. The zero-order valence-corrected chi connectivity index (χ0v) is 16.5. The number of hydrogen-bond donors (Lipinski definition) is 0. The van der Waals surface area contributed by atoms with Crippen LogP contribution in [-0.4, -0.2) is 50.2 Å². The van der Waals surface area contributed by atoms with E-state index in [-0.39, 0.29) is 13.2 Å². The Balaban J connectivity index is 4.77. The molecular formula is C14H24O8P2. The van der Waals surface area contributed by atoms with E-state index >= 15 is 0 Å². The second-order valence-corrected chi connectivity index (χ2v) is 9.97. The van der Waals surface area contributed by atoms with Crippen LogP contribution in [0, 0.1) is 11.8 Å². The van der Waals surface area contributed by atoms with Crippen molar-refractivity contribution in [3.8, 4) is 11.8 Å². The maximum absolute atomic E-state index is 12.2. The predicted octanol–water partition coefficient (Wildman–Crippen LogP) is 3.93. The fraction of sp³-hybridized carbons (Fsp3) is 0.714. The lowest BCUT2D eigenvalue weighted by Crippen LogP contribution is -2.16. The van der Waals surface area contributed by atoms with Crippen LogP contribution in [0.2, 0.25) is 0 Å². The quantitative estimate of drug-likeness (QED) is 0.459. The molecule has 8 nitrogen and oxygen atoms in total. The van der Waals surface area contributed by atoms with Gasteiger partial charge < -0.3 is 23.1 Å². The van der Waals surface area contributed by atoms with E-state index in [2.05, 4.69) is 11.8 Å². The number of carbonyl (C=O) groups is 2. The molecular weight excluding hydrogens is 358 g/mol. The van der Waals surface area contributed by atoms with Gasteiger partial charge in [-0.05, 0) is 41.0 Å². The SMILES string of the molecule is CCOP(=O)(OCC)C(=O)OC(C)C#CC(C)OC(=O)P(C)(C)=O. The van der Waals surface area contributed by atoms with Crippen molar-refractivity contribution in [3.05, 3.63) is 0 Å². The van der Waals surface area contributed by atoms with Gasteiger partial charge in [-0.3, -0.25) is 0 Å². The molecule has 0 N–H and O–H groups in total. The highest BCUT2D eigenvalue weighted by atomic mass is 31.2. The van der Waals surface area contributed by atoms with E-state index in [1.54, 1.807) is 13.8 Å². The normalized spacial score (nSPS) is 14.1. The Morgan fingerprint density at radius 1 is 0.875 bits per heavy atom.